The van der Waals surface area contributed by atoms with Gasteiger partial charge in [-0.05, 0) is 66.9 Å². The van der Waals surface area contributed by atoms with Gasteiger partial charge in [0.1, 0.15) is 0 Å². The summed E-state index contributed by atoms with van der Waals surface area (Å²) >= 11 is 0. The molecule has 1 aromatic heterocycles. The molecule has 7 heteroatoms. The maximum absolute atomic E-state index is 13.0. The van der Waals surface area contributed by atoms with Crippen LogP contribution in [0.3, 0.4) is 0 Å². The minimum Gasteiger partial charge on any atom is -0.469 e. The van der Waals surface area contributed by atoms with Gasteiger partial charge < -0.3 is 15.4 Å². The van der Waals surface area contributed by atoms with E-state index in [2.05, 4.69) is 50.8 Å². The van der Waals surface area contributed by atoms with Gasteiger partial charge in [0.2, 0.25) is 0 Å². The number of aromatic nitrogens is 1. The Balaban J connectivity index is 1.21. The number of pyridine rings is 1. The Hall–Kier alpha value is -4.23. The van der Waals surface area contributed by atoms with Crippen LogP contribution >= 0.6 is 0 Å². The molecule has 1 unspecified atom stereocenters. The third-order valence-corrected chi connectivity index (χ3v) is 6.90. The molecular formula is C31H32N4O3. The lowest BCUT2D eigenvalue weighted by molar-refractivity contribution is -0.139. The number of esters is 1. The van der Waals surface area contributed by atoms with Gasteiger partial charge in [-0.2, -0.15) is 0 Å². The van der Waals surface area contributed by atoms with Crippen LogP contribution in [-0.2, 0) is 22.5 Å². The first-order valence-electron chi connectivity index (χ1n) is 12.9. The van der Waals surface area contributed by atoms with Crippen LogP contribution in [-0.4, -0.2) is 48.0 Å². The van der Waals surface area contributed by atoms with Gasteiger partial charge in [-0.25, -0.2) is 0 Å². The minimum atomic E-state index is -0.314. The molecule has 4 aromatic rings. The highest BCUT2D eigenvalue weighted by Gasteiger charge is 2.21. The number of nitrogens with zero attached hydrogens (tertiary/aromatic N) is 2. The van der Waals surface area contributed by atoms with Crippen molar-refractivity contribution in [3.63, 3.8) is 0 Å². The molecule has 1 amide bonds. The number of piperidine rings is 1. The predicted molar refractivity (Wildman–Crippen MR) is 150 cm³/mol. The number of nitrogens with one attached hydrogen (secondary N) is 2. The van der Waals surface area contributed by atoms with E-state index in [9.17, 15) is 9.59 Å². The first-order valence-corrected chi connectivity index (χ1v) is 12.9. The number of rotatable bonds is 8. The van der Waals surface area contributed by atoms with Crippen molar-refractivity contribution in [1.82, 2.24) is 9.88 Å². The van der Waals surface area contributed by atoms with Crippen molar-refractivity contribution >= 4 is 34.0 Å². The summed E-state index contributed by atoms with van der Waals surface area (Å²) in [7, 11) is 1.37. The van der Waals surface area contributed by atoms with Gasteiger partial charge in [-0.15, -0.1) is 0 Å². The van der Waals surface area contributed by atoms with Crippen LogP contribution in [0.25, 0.3) is 10.8 Å². The molecule has 0 radical (unpaired) electrons. The number of benzene rings is 3. The van der Waals surface area contributed by atoms with Gasteiger partial charge in [-0.3, -0.25) is 19.5 Å². The first kappa shape index (κ1) is 25.4. The molecule has 1 aliphatic heterocycles. The van der Waals surface area contributed by atoms with Gasteiger partial charge >= 0.3 is 5.97 Å². The van der Waals surface area contributed by atoms with Crippen LogP contribution in [0, 0.1) is 0 Å². The first-order chi connectivity index (χ1) is 18.6. The molecule has 1 saturated heterocycles. The van der Waals surface area contributed by atoms with E-state index in [1.807, 2.05) is 48.8 Å². The largest absolute Gasteiger partial charge is 0.469 e. The third kappa shape index (κ3) is 6.36. The summed E-state index contributed by atoms with van der Waals surface area (Å²) in [5, 5.41) is 9.03. The molecule has 0 spiro atoms. The lowest BCUT2D eigenvalue weighted by Gasteiger charge is -2.34. The van der Waals surface area contributed by atoms with E-state index in [0.29, 0.717) is 17.3 Å². The number of hydrogen-bond donors (Lipinski definition) is 2. The molecule has 0 saturated carbocycles. The maximum atomic E-state index is 13.0. The lowest BCUT2D eigenvalue weighted by Crippen LogP contribution is -2.41. The monoisotopic (exact) mass is 508 g/mol. The SMILES string of the molecule is COC(=O)Cc1cccc(NC(=O)c2cccc(CN3CCCC(Nc4cccc5cnccc45)C3)c2)c1. The summed E-state index contributed by atoms with van der Waals surface area (Å²) in [4.78, 5) is 31.2. The van der Waals surface area contributed by atoms with Crippen LogP contribution in [0.1, 0.15) is 34.3 Å². The van der Waals surface area contributed by atoms with Crippen molar-refractivity contribution in [3.05, 3.63) is 102 Å². The Morgan fingerprint density at radius 1 is 1.03 bits per heavy atom. The van der Waals surface area contributed by atoms with Gasteiger partial charge in [0.15, 0.2) is 0 Å². The molecule has 3 aromatic carbocycles. The van der Waals surface area contributed by atoms with Gasteiger partial charge in [0.05, 0.1) is 13.5 Å². The Labute approximate surface area is 222 Å². The van der Waals surface area contributed by atoms with Crippen LogP contribution in [0.15, 0.2) is 85.2 Å². The van der Waals surface area contributed by atoms with Crippen molar-refractivity contribution < 1.29 is 14.3 Å². The second kappa shape index (κ2) is 11.9. The summed E-state index contributed by atoms with van der Waals surface area (Å²) < 4.78 is 4.74. The standard InChI is InChI=1S/C31H32N4O3/c1-38-30(36)18-22-6-3-10-26(17-22)34-31(37)24-8-2-7-23(16-24)20-35-15-5-11-27(21-35)33-29-12-4-9-25-19-32-14-13-28(25)29/h2-4,6-10,12-14,16-17,19,27,33H,5,11,15,18,20-21H2,1H3,(H,34,37). The molecule has 38 heavy (non-hydrogen) atoms. The summed E-state index contributed by atoms with van der Waals surface area (Å²) in [6, 6.07) is 23.8. The van der Waals surface area contributed by atoms with Crippen molar-refractivity contribution in [3.8, 4) is 0 Å². The van der Waals surface area contributed by atoms with E-state index in [0.717, 1.165) is 54.7 Å². The fourth-order valence-corrected chi connectivity index (χ4v) is 5.06. The van der Waals surface area contributed by atoms with Crippen LogP contribution < -0.4 is 10.6 Å². The lowest BCUT2D eigenvalue weighted by atomic mass is 10.0. The van der Waals surface area contributed by atoms with E-state index in [4.69, 9.17) is 4.74 Å². The van der Waals surface area contributed by atoms with E-state index >= 15 is 0 Å². The smallest absolute Gasteiger partial charge is 0.309 e. The molecule has 7 nitrogen and oxygen atoms in total. The fraction of sp³-hybridized carbons (Fsp3) is 0.258. The summed E-state index contributed by atoms with van der Waals surface area (Å²) in [6.07, 6.45) is 6.14. The third-order valence-electron chi connectivity index (χ3n) is 6.90. The number of carbonyl (C=O) groups is 2. The molecule has 0 aliphatic carbocycles. The molecule has 2 N–H and O–H groups in total. The Bertz CT molecular complexity index is 1430. The van der Waals surface area contributed by atoms with Crippen molar-refractivity contribution in [1.29, 1.82) is 0 Å². The van der Waals surface area contributed by atoms with E-state index < -0.39 is 0 Å². The van der Waals surface area contributed by atoms with Gasteiger partial charge in [-0.1, -0.05) is 36.4 Å². The second-order valence-electron chi connectivity index (χ2n) is 9.73. The number of anilines is 2. The quantitative estimate of drug-likeness (QED) is 0.315. The second-order valence-corrected chi connectivity index (χ2v) is 9.73. The zero-order valence-electron chi connectivity index (χ0n) is 21.5. The van der Waals surface area contributed by atoms with Crippen LogP contribution in [0.4, 0.5) is 11.4 Å². The summed E-state index contributed by atoms with van der Waals surface area (Å²) in [5.41, 5.74) is 4.30. The van der Waals surface area contributed by atoms with Gasteiger partial charge in [0, 0.05) is 59.2 Å². The van der Waals surface area contributed by atoms with Crippen molar-refractivity contribution in [2.75, 3.05) is 30.8 Å². The average Bonchev–Trinajstić information content (AvgIpc) is 2.94. The number of hydrogen-bond acceptors (Lipinski definition) is 6. The number of fused-ring (bicyclic) bond motifs is 1. The maximum Gasteiger partial charge on any atom is 0.309 e. The molecule has 194 valence electrons. The molecule has 5 rings (SSSR count). The number of carbonyl (C=O) groups excluding carboxylic acids is 2. The van der Waals surface area contributed by atoms with Crippen LogP contribution in [0.5, 0.6) is 0 Å². The van der Waals surface area contributed by atoms with E-state index in [1.54, 1.807) is 6.07 Å². The molecule has 1 atom stereocenters. The molecular weight excluding hydrogens is 476 g/mol. The summed E-state index contributed by atoms with van der Waals surface area (Å²) in [5.74, 6) is -0.489. The number of ether oxygens (including phenoxy) is 1. The van der Waals surface area contributed by atoms with E-state index in [-0.39, 0.29) is 18.3 Å². The fourth-order valence-electron chi connectivity index (χ4n) is 5.06. The number of likely N-dealkylation sites (tertiary alicyclic amines) is 1. The highest BCUT2D eigenvalue weighted by atomic mass is 16.5. The topological polar surface area (TPSA) is 83.6 Å². The normalized spacial score (nSPS) is 15.7. The van der Waals surface area contributed by atoms with Crippen molar-refractivity contribution in [2.24, 2.45) is 0 Å². The predicted octanol–water partition coefficient (Wildman–Crippen LogP) is 5.28. The highest BCUT2D eigenvalue weighted by Crippen LogP contribution is 2.25. The Kier molecular flexibility index (Phi) is 7.95. The molecule has 2 heterocycles. The molecule has 1 fully saturated rings. The Morgan fingerprint density at radius 2 is 1.87 bits per heavy atom. The van der Waals surface area contributed by atoms with Crippen LogP contribution in [0.2, 0.25) is 0 Å². The molecule has 1 aliphatic rings. The summed E-state index contributed by atoms with van der Waals surface area (Å²) in [6.45, 7) is 2.75. The zero-order chi connectivity index (χ0) is 26.3. The molecule has 0 bridgehead atoms. The van der Waals surface area contributed by atoms with E-state index in [1.165, 1.54) is 12.5 Å². The average molecular weight is 509 g/mol. The minimum absolute atomic E-state index is 0.166. The zero-order valence-corrected chi connectivity index (χ0v) is 21.5. The van der Waals surface area contributed by atoms with Crippen molar-refractivity contribution in [2.45, 2.75) is 31.8 Å². The number of methoxy groups -OCH3 is 1. The van der Waals surface area contributed by atoms with Gasteiger partial charge in [0.25, 0.3) is 5.91 Å². The Morgan fingerprint density at radius 3 is 2.76 bits per heavy atom. The number of amides is 1. The highest BCUT2D eigenvalue weighted by molar-refractivity contribution is 6.04.